The zero-order valence-electron chi connectivity index (χ0n) is 9.37. The van der Waals surface area contributed by atoms with Gasteiger partial charge in [0.2, 0.25) is 0 Å². The molecule has 1 N–H and O–H groups in total. The summed E-state index contributed by atoms with van der Waals surface area (Å²) in [5.41, 5.74) is 0. The maximum Gasteiger partial charge on any atom is 0.139 e. The number of carbonyl (C=O) groups excluding carboxylic acids is 1. The van der Waals surface area contributed by atoms with E-state index in [4.69, 9.17) is 0 Å². The molecule has 3 fully saturated rings. The van der Waals surface area contributed by atoms with Gasteiger partial charge in [-0.25, -0.2) is 0 Å². The molecule has 0 amide bonds. The van der Waals surface area contributed by atoms with Crippen molar-refractivity contribution in [3.8, 4) is 0 Å². The second-order valence-electron chi connectivity index (χ2n) is 5.73. The van der Waals surface area contributed by atoms with Crippen LogP contribution in [0.2, 0.25) is 0 Å². The molecule has 0 unspecified atom stereocenters. The zero-order valence-corrected chi connectivity index (χ0v) is 9.37. The molecule has 2 nitrogen and oxygen atoms in total. The van der Waals surface area contributed by atoms with Crippen molar-refractivity contribution < 1.29 is 4.79 Å². The van der Waals surface area contributed by atoms with Gasteiger partial charge in [-0.2, -0.15) is 0 Å². The third-order valence-corrected chi connectivity index (χ3v) is 4.81. The average molecular weight is 207 g/mol. The average Bonchev–Trinajstić information content (AvgIpc) is 2.92. The fraction of sp³-hybridized carbons (Fsp3) is 0.923. The molecular formula is C13H21NO. The van der Waals surface area contributed by atoms with Gasteiger partial charge in [-0.15, -0.1) is 0 Å². The lowest BCUT2D eigenvalue weighted by molar-refractivity contribution is -0.126. The highest BCUT2D eigenvalue weighted by atomic mass is 16.1. The van der Waals surface area contributed by atoms with E-state index in [2.05, 4.69) is 5.32 Å². The Kier molecular flexibility index (Phi) is 2.55. The highest BCUT2D eigenvalue weighted by Crippen LogP contribution is 2.41. The quantitative estimate of drug-likeness (QED) is 0.750. The highest BCUT2D eigenvalue weighted by molar-refractivity contribution is 5.84. The third-order valence-electron chi connectivity index (χ3n) is 4.81. The molecule has 2 saturated carbocycles. The van der Waals surface area contributed by atoms with Crippen molar-refractivity contribution in [1.29, 1.82) is 0 Å². The van der Waals surface area contributed by atoms with Crippen LogP contribution in [0.1, 0.15) is 38.5 Å². The molecular weight excluding hydrogens is 186 g/mol. The van der Waals surface area contributed by atoms with Crippen molar-refractivity contribution in [2.24, 2.45) is 23.7 Å². The Morgan fingerprint density at radius 3 is 2.13 bits per heavy atom. The van der Waals surface area contributed by atoms with Gasteiger partial charge >= 0.3 is 0 Å². The predicted molar refractivity (Wildman–Crippen MR) is 59.5 cm³/mol. The Morgan fingerprint density at radius 2 is 1.53 bits per heavy atom. The maximum absolute atomic E-state index is 12.3. The smallest absolute Gasteiger partial charge is 0.139 e. The van der Waals surface area contributed by atoms with Crippen LogP contribution >= 0.6 is 0 Å². The molecule has 0 aromatic heterocycles. The van der Waals surface area contributed by atoms with Gasteiger partial charge in [0.15, 0.2) is 0 Å². The summed E-state index contributed by atoms with van der Waals surface area (Å²) in [6, 6.07) is 0. The minimum absolute atomic E-state index is 0.435. The van der Waals surface area contributed by atoms with Gasteiger partial charge in [0.1, 0.15) is 5.78 Å². The third kappa shape index (κ3) is 1.73. The first-order chi connectivity index (χ1) is 7.34. The standard InChI is InChI=1S/C13H21NO/c15-13(9-3-1-2-4-9)10-5-11-7-14-8-12(11)6-10/h9-12,14H,1-8H2/t10-,11-,12+. The van der Waals surface area contributed by atoms with Gasteiger partial charge in [-0.1, -0.05) is 12.8 Å². The lowest BCUT2D eigenvalue weighted by Gasteiger charge is -2.14. The molecule has 1 saturated heterocycles. The monoisotopic (exact) mass is 207 g/mol. The van der Waals surface area contributed by atoms with Crippen LogP contribution in [0.3, 0.4) is 0 Å². The van der Waals surface area contributed by atoms with E-state index in [1.165, 1.54) is 51.6 Å². The van der Waals surface area contributed by atoms with Crippen LogP contribution in [-0.4, -0.2) is 18.9 Å². The van der Waals surface area contributed by atoms with Crippen molar-refractivity contribution in [2.75, 3.05) is 13.1 Å². The van der Waals surface area contributed by atoms with Crippen LogP contribution < -0.4 is 5.32 Å². The van der Waals surface area contributed by atoms with Gasteiger partial charge in [-0.05, 0) is 50.6 Å². The van der Waals surface area contributed by atoms with Gasteiger partial charge in [0, 0.05) is 11.8 Å². The fourth-order valence-electron chi connectivity index (χ4n) is 3.94. The molecule has 84 valence electrons. The van der Waals surface area contributed by atoms with E-state index in [-0.39, 0.29) is 0 Å². The molecule has 1 heterocycles. The Balaban J connectivity index is 1.61. The number of fused-ring (bicyclic) bond motifs is 1. The molecule has 3 atom stereocenters. The van der Waals surface area contributed by atoms with Crippen molar-refractivity contribution in [3.05, 3.63) is 0 Å². The number of ketones is 1. The van der Waals surface area contributed by atoms with E-state index in [0.717, 1.165) is 11.8 Å². The molecule has 15 heavy (non-hydrogen) atoms. The normalized spacial score (nSPS) is 40.9. The largest absolute Gasteiger partial charge is 0.316 e. The molecule has 2 heteroatoms. The zero-order chi connectivity index (χ0) is 10.3. The summed E-state index contributed by atoms with van der Waals surface area (Å²) in [7, 11) is 0. The molecule has 0 aromatic rings. The second kappa shape index (κ2) is 3.89. The van der Waals surface area contributed by atoms with Crippen LogP contribution in [0.25, 0.3) is 0 Å². The van der Waals surface area contributed by atoms with Gasteiger partial charge in [-0.3, -0.25) is 4.79 Å². The Labute approximate surface area is 91.8 Å². The first-order valence-electron chi connectivity index (χ1n) is 6.59. The highest BCUT2D eigenvalue weighted by Gasteiger charge is 2.41. The van der Waals surface area contributed by atoms with Crippen molar-refractivity contribution in [3.63, 3.8) is 0 Å². The van der Waals surface area contributed by atoms with E-state index in [0.29, 0.717) is 17.6 Å². The number of carbonyl (C=O) groups is 1. The van der Waals surface area contributed by atoms with Crippen molar-refractivity contribution in [2.45, 2.75) is 38.5 Å². The molecule has 0 spiro atoms. The van der Waals surface area contributed by atoms with Gasteiger partial charge in [0.05, 0.1) is 0 Å². The lowest BCUT2D eigenvalue weighted by Crippen LogP contribution is -2.22. The molecule has 0 aromatic carbocycles. The predicted octanol–water partition coefficient (Wildman–Crippen LogP) is 1.99. The summed E-state index contributed by atoms with van der Waals surface area (Å²) < 4.78 is 0. The van der Waals surface area contributed by atoms with E-state index in [1.807, 2.05) is 0 Å². The fourth-order valence-corrected chi connectivity index (χ4v) is 3.94. The molecule has 0 radical (unpaired) electrons. The van der Waals surface area contributed by atoms with Crippen LogP contribution in [0, 0.1) is 23.7 Å². The molecule has 3 rings (SSSR count). The number of Topliss-reactive ketones (excluding diaryl/α,β-unsaturated/α-hetero) is 1. The van der Waals surface area contributed by atoms with E-state index in [9.17, 15) is 4.79 Å². The topological polar surface area (TPSA) is 29.1 Å². The Bertz CT molecular complexity index is 245. The molecule has 1 aliphatic heterocycles. The first kappa shape index (κ1) is 9.83. The summed E-state index contributed by atoms with van der Waals surface area (Å²) in [6.45, 7) is 2.33. The number of hydrogen-bond acceptors (Lipinski definition) is 2. The minimum Gasteiger partial charge on any atom is -0.316 e. The van der Waals surface area contributed by atoms with Gasteiger partial charge < -0.3 is 5.32 Å². The molecule has 3 aliphatic rings. The molecule has 0 bridgehead atoms. The molecule has 2 aliphatic carbocycles. The summed E-state index contributed by atoms with van der Waals surface area (Å²) in [6.07, 6.45) is 7.32. The van der Waals surface area contributed by atoms with Crippen LogP contribution in [0.15, 0.2) is 0 Å². The van der Waals surface area contributed by atoms with Crippen LogP contribution in [0.5, 0.6) is 0 Å². The number of nitrogens with one attached hydrogen (secondary N) is 1. The summed E-state index contributed by atoms with van der Waals surface area (Å²) >= 11 is 0. The van der Waals surface area contributed by atoms with E-state index < -0.39 is 0 Å². The summed E-state index contributed by atoms with van der Waals surface area (Å²) in [5.74, 6) is 3.15. The summed E-state index contributed by atoms with van der Waals surface area (Å²) in [5, 5.41) is 3.44. The van der Waals surface area contributed by atoms with Crippen LogP contribution in [0.4, 0.5) is 0 Å². The van der Waals surface area contributed by atoms with Gasteiger partial charge in [0.25, 0.3) is 0 Å². The minimum atomic E-state index is 0.435. The van der Waals surface area contributed by atoms with E-state index in [1.54, 1.807) is 0 Å². The second-order valence-corrected chi connectivity index (χ2v) is 5.73. The maximum atomic E-state index is 12.3. The lowest BCUT2D eigenvalue weighted by atomic mass is 9.89. The van der Waals surface area contributed by atoms with E-state index >= 15 is 0 Å². The number of rotatable bonds is 2. The summed E-state index contributed by atoms with van der Waals surface area (Å²) in [4.78, 5) is 12.3. The van der Waals surface area contributed by atoms with Crippen molar-refractivity contribution >= 4 is 5.78 Å². The Hall–Kier alpha value is -0.370. The first-order valence-corrected chi connectivity index (χ1v) is 6.59. The number of hydrogen-bond donors (Lipinski definition) is 1. The Morgan fingerprint density at radius 1 is 0.933 bits per heavy atom. The van der Waals surface area contributed by atoms with Crippen LogP contribution in [-0.2, 0) is 4.79 Å². The SMILES string of the molecule is O=C(C1CCCC1)[C@H]1C[C@H]2CNC[C@H]2C1. The van der Waals surface area contributed by atoms with Crippen molar-refractivity contribution in [1.82, 2.24) is 5.32 Å².